The number of para-hydroxylation sites is 1. The summed E-state index contributed by atoms with van der Waals surface area (Å²) in [6, 6.07) is 140. The van der Waals surface area contributed by atoms with Crippen molar-refractivity contribution >= 4 is 53.4 Å². The summed E-state index contributed by atoms with van der Waals surface area (Å²) in [6.07, 6.45) is 0. The lowest BCUT2D eigenvalue weighted by atomic mass is 9.95. The van der Waals surface area contributed by atoms with Crippen molar-refractivity contribution in [3.8, 4) is 157 Å². The molecule has 0 fully saturated rings. The molecule has 0 aliphatic rings. The van der Waals surface area contributed by atoms with E-state index in [-0.39, 0.29) is 0 Å². The second kappa shape index (κ2) is 29.5. The molecule has 8 heteroatoms. The van der Waals surface area contributed by atoms with Crippen LogP contribution in [0.5, 0.6) is 0 Å². The molecule has 0 atom stereocenters. The summed E-state index contributed by atoms with van der Waals surface area (Å²) < 4.78 is 9.36. The second-order valence-corrected chi connectivity index (χ2v) is 28.3. The van der Waals surface area contributed by atoms with Gasteiger partial charge < -0.3 is 4.42 Å². The Balaban J connectivity index is 0.000000149. The Morgan fingerprint density at radius 1 is 0.155 bits per heavy atom. The smallest absolute Gasteiger partial charge is 0.167 e. The predicted octanol–water partition coefficient (Wildman–Crippen LogP) is 27.3. The van der Waals surface area contributed by atoms with Crippen molar-refractivity contribution < 1.29 is 4.42 Å². The average molecular weight is 1420 g/mol. The molecule has 0 aliphatic carbocycles. The Bertz CT molecular complexity index is 6620. The zero-order chi connectivity index (χ0) is 73.1. The van der Waals surface area contributed by atoms with Gasteiger partial charge in [-0.05, 0) is 132 Å². The molecular formula is C102H66N6OS. The third kappa shape index (κ3) is 13.3. The lowest BCUT2D eigenvalue weighted by Crippen LogP contribution is -2.00. The first-order valence-electron chi connectivity index (χ1n) is 36.9. The number of hydrogen-bond donors (Lipinski definition) is 0. The molecule has 0 amide bonds. The summed E-state index contributed by atoms with van der Waals surface area (Å²) in [5, 5.41) is 4.46. The maximum Gasteiger partial charge on any atom is 0.167 e. The van der Waals surface area contributed by atoms with E-state index in [1.807, 2.05) is 47.7 Å². The van der Waals surface area contributed by atoms with Gasteiger partial charge in [0.25, 0.3) is 0 Å². The summed E-state index contributed by atoms with van der Waals surface area (Å²) in [6.45, 7) is 0. The van der Waals surface area contributed by atoms with Crippen molar-refractivity contribution in [1.29, 1.82) is 0 Å². The van der Waals surface area contributed by atoms with E-state index in [0.717, 1.165) is 121 Å². The highest BCUT2D eigenvalue weighted by atomic mass is 32.1. The molecule has 0 radical (unpaired) electrons. The number of fused-ring (bicyclic) bond motifs is 6. The summed E-state index contributed by atoms with van der Waals surface area (Å²) in [4.78, 5) is 31.2. The molecule has 20 aromatic rings. The zero-order valence-corrected chi connectivity index (χ0v) is 60.4. The van der Waals surface area contributed by atoms with Gasteiger partial charge in [0.2, 0.25) is 0 Å². The van der Waals surface area contributed by atoms with Crippen LogP contribution in [0.1, 0.15) is 0 Å². The molecule has 4 heterocycles. The molecule has 0 aliphatic heterocycles. The molecular weight excluding hydrogens is 1360 g/mol. The van der Waals surface area contributed by atoms with Gasteiger partial charge in [0, 0.05) is 69.9 Å². The number of benzene rings is 16. The van der Waals surface area contributed by atoms with Crippen LogP contribution < -0.4 is 0 Å². The van der Waals surface area contributed by atoms with Crippen LogP contribution in [-0.2, 0) is 0 Å². The van der Waals surface area contributed by atoms with E-state index in [2.05, 4.69) is 364 Å². The highest BCUT2D eigenvalue weighted by Gasteiger charge is 2.24. The van der Waals surface area contributed by atoms with E-state index in [9.17, 15) is 0 Å². The second-order valence-electron chi connectivity index (χ2n) is 27.2. The Morgan fingerprint density at radius 2 is 0.436 bits per heavy atom. The summed E-state index contributed by atoms with van der Waals surface area (Å²) >= 11 is 1.81. The third-order valence-electron chi connectivity index (χ3n) is 20.3. The van der Waals surface area contributed by atoms with Crippen LogP contribution in [0, 0.1) is 0 Å². The maximum absolute atomic E-state index is 6.96. The van der Waals surface area contributed by atoms with Gasteiger partial charge in [-0.15, -0.1) is 11.3 Å². The molecule has 4 aromatic heterocycles. The Labute approximate surface area is 641 Å². The number of rotatable bonds is 14. The SMILES string of the molecule is c1ccc(-c2ccc(-c3nc(-c4cccc(-c5ccccc5)c4)nc(-c4cccc5c4sc4c(-c6ccccc6)cc(-c6ccccc6)cc45)n3)cc2)cc1.c1ccc(-c2cccc(-c3nc(-c4cccc(-c5ccccc5)c4)nc(-c4cccc5c4oc4c(-c6ccccc6)cc(-c6ccccc6)cc45)n3)c2)cc1. The van der Waals surface area contributed by atoms with Crippen molar-refractivity contribution in [1.82, 2.24) is 29.9 Å². The van der Waals surface area contributed by atoms with Crippen molar-refractivity contribution in [2.45, 2.75) is 0 Å². The van der Waals surface area contributed by atoms with Crippen LogP contribution >= 0.6 is 11.3 Å². The topological polar surface area (TPSA) is 90.5 Å². The van der Waals surface area contributed by atoms with E-state index in [4.69, 9.17) is 34.3 Å². The van der Waals surface area contributed by atoms with Gasteiger partial charge in [-0.3, -0.25) is 0 Å². The van der Waals surface area contributed by atoms with E-state index >= 15 is 0 Å². The first-order chi connectivity index (χ1) is 54.5. The lowest BCUT2D eigenvalue weighted by Gasteiger charge is -2.11. The third-order valence-corrected chi connectivity index (χ3v) is 21.6. The highest BCUT2D eigenvalue weighted by Crippen LogP contribution is 2.47. The molecule has 0 N–H and O–H groups in total. The fraction of sp³-hybridized carbons (Fsp3) is 0. The first kappa shape index (κ1) is 66.3. The number of hydrogen-bond acceptors (Lipinski definition) is 8. The van der Waals surface area contributed by atoms with Crippen LogP contribution in [0.2, 0.25) is 0 Å². The lowest BCUT2D eigenvalue weighted by molar-refractivity contribution is 0.670. The zero-order valence-electron chi connectivity index (χ0n) is 59.6. The predicted molar refractivity (Wildman–Crippen MR) is 456 cm³/mol. The minimum Gasteiger partial charge on any atom is -0.455 e. The molecule has 20 rings (SSSR count). The Kier molecular flexibility index (Phi) is 17.8. The van der Waals surface area contributed by atoms with Gasteiger partial charge in [0.15, 0.2) is 34.9 Å². The van der Waals surface area contributed by atoms with Gasteiger partial charge in [-0.25, -0.2) is 29.9 Å². The molecule has 0 bridgehead atoms. The number of nitrogens with zero attached hydrogens (tertiary/aromatic N) is 6. The van der Waals surface area contributed by atoms with Gasteiger partial charge in [0.05, 0.1) is 5.56 Å². The monoisotopic (exact) mass is 1420 g/mol. The summed E-state index contributed by atoms with van der Waals surface area (Å²) in [5.74, 6) is 3.65. The minimum atomic E-state index is 0.546. The van der Waals surface area contributed by atoms with Gasteiger partial charge >= 0.3 is 0 Å². The van der Waals surface area contributed by atoms with Crippen molar-refractivity contribution in [2.24, 2.45) is 0 Å². The highest BCUT2D eigenvalue weighted by molar-refractivity contribution is 7.26. The molecule has 110 heavy (non-hydrogen) atoms. The minimum absolute atomic E-state index is 0.546. The molecule has 0 saturated heterocycles. The van der Waals surface area contributed by atoms with Gasteiger partial charge in [-0.2, -0.15) is 0 Å². The van der Waals surface area contributed by atoms with Crippen LogP contribution in [-0.4, -0.2) is 29.9 Å². The summed E-state index contributed by atoms with van der Waals surface area (Å²) in [5.41, 5.74) is 25.3. The number of furan rings is 1. The van der Waals surface area contributed by atoms with Crippen LogP contribution in [0.25, 0.3) is 199 Å². The Morgan fingerprint density at radius 3 is 0.882 bits per heavy atom. The molecule has 516 valence electrons. The summed E-state index contributed by atoms with van der Waals surface area (Å²) in [7, 11) is 0. The van der Waals surface area contributed by atoms with Gasteiger partial charge in [0.1, 0.15) is 11.2 Å². The quantitative estimate of drug-likeness (QED) is 0.107. The van der Waals surface area contributed by atoms with Crippen LogP contribution in [0.4, 0.5) is 0 Å². The fourth-order valence-corrected chi connectivity index (χ4v) is 16.1. The molecule has 16 aromatic carbocycles. The molecule has 0 unspecified atom stereocenters. The van der Waals surface area contributed by atoms with Crippen LogP contribution in [0.3, 0.4) is 0 Å². The van der Waals surface area contributed by atoms with Crippen LogP contribution in [0.15, 0.2) is 405 Å². The maximum atomic E-state index is 6.96. The molecule has 7 nitrogen and oxygen atoms in total. The average Bonchev–Trinajstić information content (AvgIpc) is 1.59. The number of aromatic nitrogens is 6. The largest absolute Gasteiger partial charge is 0.455 e. The first-order valence-corrected chi connectivity index (χ1v) is 37.7. The normalized spacial score (nSPS) is 11.3. The Hall–Kier alpha value is -14.4. The number of thiophene rings is 1. The van der Waals surface area contributed by atoms with Crippen molar-refractivity contribution in [3.05, 3.63) is 400 Å². The molecule has 0 saturated carbocycles. The standard InChI is InChI=1S/C51H33N3O.C51H33N3S/c1-5-16-34(17-6-1)38-24-13-26-40(30-38)49-52-50(41-27-14-25-39(31-41)35-18-7-2-8-19-35)54-51(53-49)44-29-15-28-43-46-33-42(36-20-9-3-10-21-36)32-45(48(46)55-47(43)44)37-22-11-4-12-23-37;1-5-15-34(16-6-1)37-27-29-39(30-28-37)49-52-50(41-24-13-23-40(31-41)35-17-7-2-8-18-35)54-51(53-49)44-26-14-25-43-46-33-42(36-19-9-3-10-20-36)32-45(48(46)55-47(43)44)38-21-11-4-12-22-38/h2*1-33H. The van der Waals surface area contributed by atoms with E-state index in [1.165, 1.54) is 43.3 Å². The van der Waals surface area contributed by atoms with E-state index in [0.29, 0.717) is 34.9 Å². The van der Waals surface area contributed by atoms with Crippen molar-refractivity contribution in [2.75, 3.05) is 0 Å². The van der Waals surface area contributed by atoms with E-state index < -0.39 is 0 Å². The van der Waals surface area contributed by atoms with Gasteiger partial charge in [-0.1, -0.05) is 346 Å². The fourth-order valence-electron chi connectivity index (χ4n) is 14.8. The molecule has 0 spiro atoms. The van der Waals surface area contributed by atoms with Crippen molar-refractivity contribution in [3.63, 3.8) is 0 Å². The van der Waals surface area contributed by atoms with E-state index in [1.54, 1.807) is 0 Å².